The molecule has 0 heterocycles. The lowest BCUT2D eigenvalue weighted by molar-refractivity contribution is 0.0302. The highest BCUT2D eigenvalue weighted by Crippen LogP contribution is 2.20. The van der Waals surface area contributed by atoms with Gasteiger partial charge >= 0.3 is 0 Å². The van der Waals surface area contributed by atoms with Gasteiger partial charge in [-0.25, -0.2) is 0 Å². The standard InChI is InChI=1S/C17H27NO2/c1-14-8-9-17(19-2)15(12-14)13-18-10-11-20-16-6-4-3-5-7-16/h8-9,12,16,18H,3-7,10-11,13H2,1-2H3. The van der Waals surface area contributed by atoms with Gasteiger partial charge in [-0.1, -0.05) is 37.0 Å². The molecule has 0 spiro atoms. The number of ether oxygens (including phenoxy) is 2. The summed E-state index contributed by atoms with van der Waals surface area (Å²) in [6, 6.07) is 6.28. The third kappa shape index (κ3) is 4.80. The minimum Gasteiger partial charge on any atom is -0.496 e. The van der Waals surface area contributed by atoms with Crippen LogP contribution in [0.1, 0.15) is 43.2 Å². The zero-order valence-electron chi connectivity index (χ0n) is 12.8. The van der Waals surface area contributed by atoms with Crippen molar-refractivity contribution in [2.75, 3.05) is 20.3 Å². The fourth-order valence-electron chi connectivity index (χ4n) is 2.80. The van der Waals surface area contributed by atoms with Crippen LogP contribution in [0.2, 0.25) is 0 Å². The van der Waals surface area contributed by atoms with E-state index >= 15 is 0 Å². The first-order valence-corrected chi connectivity index (χ1v) is 7.75. The van der Waals surface area contributed by atoms with Gasteiger partial charge in [0.15, 0.2) is 0 Å². The first-order valence-electron chi connectivity index (χ1n) is 7.75. The van der Waals surface area contributed by atoms with Crippen molar-refractivity contribution < 1.29 is 9.47 Å². The van der Waals surface area contributed by atoms with Crippen molar-refractivity contribution in [3.8, 4) is 5.75 Å². The summed E-state index contributed by atoms with van der Waals surface area (Å²) in [4.78, 5) is 0. The molecule has 1 saturated carbocycles. The molecule has 1 N–H and O–H groups in total. The Balaban J connectivity index is 1.66. The van der Waals surface area contributed by atoms with Crippen LogP contribution in [0.15, 0.2) is 18.2 Å². The number of benzene rings is 1. The molecule has 0 saturated heterocycles. The topological polar surface area (TPSA) is 30.5 Å². The maximum Gasteiger partial charge on any atom is 0.123 e. The van der Waals surface area contributed by atoms with Crippen LogP contribution < -0.4 is 10.1 Å². The summed E-state index contributed by atoms with van der Waals surface area (Å²) in [5, 5.41) is 3.44. The number of hydrogen-bond acceptors (Lipinski definition) is 3. The van der Waals surface area contributed by atoms with Crippen LogP contribution in [0.3, 0.4) is 0 Å². The van der Waals surface area contributed by atoms with E-state index in [1.807, 2.05) is 6.07 Å². The summed E-state index contributed by atoms with van der Waals surface area (Å²) in [7, 11) is 1.72. The van der Waals surface area contributed by atoms with E-state index in [0.29, 0.717) is 6.10 Å². The van der Waals surface area contributed by atoms with Crippen molar-refractivity contribution in [2.24, 2.45) is 0 Å². The number of rotatable bonds is 7. The monoisotopic (exact) mass is 277 g/mol. The first kappa shape index (κ1) is 15.3. The summed E-state index contributed by atoms with van der Waals surface area (Å²) in [6.45, 7) is 4.64. The Kier molecular flexibility index (Phi) is 6.34. The molecular formula is C17H27NO2. The molecule has 0 aromatic heterocycles. The molecule has 2 rings (SSSR count). The lowest BCUT2D eigenvalue weighted by Crippen LogP contribution is -2.24. The molecule has 1 aliphatic rings. The van der Waals surface area contributed by atoms with E-state index in [1.54, 1.807) is 7.11 Å². The Labute approximate surface area is 122 Å². The van der Waals surface area contributed by atoms with E-state index in [0.717, 1.165) is 25.4 Å². The molecule has 1 aromatic rings. The molecule has 112 valence electrons. The minimum atomic E-state index is 0.499. The molecular weight excluding hydrogens is 250 g/mol. The Hall–Kier alpha value is -1.06. The van der Waals surface area contributed by atoms with E-state index in [2.05, 4.69) is 24.4 Å². The average molecular weight is 277 g/mol. The van der Waals surface area contributed by atoms with Crippen LogP contribution in [0.4, 0.5) is 0 Å². The van der Waals surface area contributed by atoms with Gasteiger partial charge in [0.05, 0.1) is 19.8 Å². The lowest BCUT2D eigenvalue weighted by atomic mass is 9.98. The summed E-state index contributed by atoms with van der Waals surface area (Å²) in [6.07, 6.45) is 7.03. The van der Waals surface area contributed by atoms with Gasteiger partial charge in [-0.2, -0.15) is 0 Å². The molecule has 0 aliphatic heterocycles. The first-order chi connectivity index (χ1) is 9.79. The van der Waals surface area contributed by atoms with Gasteiger partial charge in [0.1, 0.15) is 5.75 Å². The third-order valence-corrected chi connectivity index (χ3v) is 3.94. The molecule has 3 nitrogen and oxygen atoms in total. The van der Waals surface area contributed by atoms with Gasteiger partial charge in [0.25, 0.3) is 0 Å². The van der Waals surface area contributed by atoms with Gasteiger partial charge in [0, 0.05) is 18.7 Å². The predicted molar refractivity (Wildman–Crippen MR) is 82.3 cm³/mol. The Morgan fingerprint density at radius 2 is 2.00 bits per heavy atom. The highest BCUT2D eigenvalue weighted by atomic mass is 16.5. The molecule has 0 atom stereocenters. The molecule has 0 bridgehead atoms. The average Bonchev–Trinajstić information content (AvgIpc) is 2.48. The molecule has 0 amide bonds. The zero-order valence-corrected chi connectivity index (χ0v) is 12.8. The van der Waals surface area contributed by atoms with Gasteiger partial charge in [-0.3, -0.25) is 0 Å². The fraction of sp³-hybridized carbons (Fsp3) is 0.647. The maximum atomic E-state index is 5.91. The van der Waals surface area contributed by atoms with Crippen LogP contribution in [0.5, 0.6) is 5.75 Å². The van der Waals surface area contributed by atoms with Crippen LogP contribution in [-0.4, -0.2) is 26.4 Å². The van der Waals surface area contributed by atoms with Gasteiger partial charge in [-0.15, -0.1) is 0 Å². The Morgan fingerprint density at radius 3 is 2.75 bits per heavy atom. The van der Waals surface area contributed by atoms with Crippen LogP contribution in [-0.2, 0) is 11.3 Å². The second kappa shape index (κ2) is 8.28. The number of nitrogens with one attached hydrogen (secondary N) is 1. The highest BCUT2D eigenvalue weighted by Gasteiger charge is 2.12. The van der Waals surface area contributed by atoms with Crippen LogP contribution in [0, 0.1) is 6.92 Å². The fourth-order valence-corrected chi connectivity index (χ4v) is 2.80. The Bertz CT molecular complexity index is 400. The quantitative estimate of drug-likeness (QED) is 0.774. The van der Waals surface area contributed by atoms with E-state index in [9.17, 15) is 0 Å². The number of hydrogen-bond donors (Lipinski definition) is 1. The second-order valence-corrected chi connectivity index (χ2v) is 5.62. The summed E-state index contributed by atoms with van der Waals surface area (Å²) < 4.78 is 11.3. The number of methoxy groups -OCH3 is 1. The van der Waals surface area contributed by atoms with E-state index in [-0.39, 0.29) is 0 Å². The van der Waals surface area contributed by atoms with Gasteiger partial charge in [0.2, 0.25) is 0 Å². The minimum absolute atomic E-state index is 0.499. The summed E-state index contributed by atoms with van der Waals surface area (Å²) >= 11 is 0. The molecule has 3 heteroatoms. The van der Waals surface area contributed by atoms with Gasteiger partial charge in [-0.05, 0) is 25.8 Å². The van der Waals surface area contributed by atoms with Crippen molar-refractivity contribution in [2.45, 2.75) is 51.7 Å². The van der Waals surface area contributed by atoms with Crippen molar-refractivity contribution in [1.82, 2.24) is 5.32 Å². The third-order valence-electron chi connectivity index (χ3n) is 3.94. The van der Waals surface area contributed by atoms with Crippen molar-refractivity contribution in [1.29, 1.82) is 0 Å². The van der Waals surface area contributed by atoms with Crippen LogP contribution in [0.25, 0.3) is 0 Å². The van der Waals surface area contributed by atoms with E-state index in [4.69, 9.17) is 9.47 Å². The van der Waals surface area contributed by atoms with Crippen molar-refractivity contribution in [3.05, 3.63) is 29.3 Å². The van der Waals surface area contributed by atoms with E-state index in [1.165, 1.54) is 43.2 Å². The molecule has 1 fully saturated rings. The SMILES string of the molecule is COc1ccc(C)cc1CNCCOC1CCCCC1. The molecule has 0 radical (unpaired) electrons. The second-order valence-electron chi connectivity index (χ2n) is 5.62. The zero-order chi connectivity index (χ0) is 14.2. The van der Waals surface area contributed by atoms with Crippen molar-refractivity contribution >= 4 is 0 Å². The van der Waals surface area contributed by atoms with Gasteiger partial charge < -0.3 is 14.8 Å². The maximum absolute atomic E-state index is 5.91. The van der Waals surface area contributed by atoms with Crippen molar-refractivity contribution in [3.63, 3.8) is 0 Å². The number of aryl methyl sites for hydroxylation is 1. The van der Waals surface area contributed by atoms with E-state index < -0.39 is 0 Å². The molecule has 0 unspecified atom stereocenters. The normalized spacial score (nSPS) is 16.3. The smallest absolute Gasteiger partial charge is 0.123 e. The molecule has 1 aliphatic carbocycles. The largest absolute Gasteiger partial charge is 0.496 e. The Morgan fingerprint density at radius 1 is 1.20 bits per heavy atom. The summed E-state index contributed by atoms with van der Waals surface area (Å²) in [5.41, 5.74) is 2.48. The molecule has 20 heavy (non-hydrogen) atoms. The predicted octanol–water partition coefficient (Wildman–Crippen LogP) is 3.44. The summed E-state index contributed by atoms with van der Waals surface area (Å²) in [5.74, 6) is 0.955. The highest BCUT2D eigenvalue weighted by molar-refractivity contribution is 5.36. The molecule has 1 aromatic carbocycles. The lowest BCUT2D eigenvalue weighted by Gasteiger charge is -2.22. The van der Waals surface area contributed by atoms with Crippen LogP contribution >= 0.6 is 0 Å².